The lowest BCUT2D eigenvalue weighted by atomic mass is 10.0. The van der Waals surface area contributed by atoms with E-state index in [2.05, 4.69) is 0 Å². The van der Waals surface area contributed by atoms with Gasteiger partial charge >= 0.3 is 0 Å². The van der Waals surface area contributed by atoms with E-state index in [1.807, 2.05) is 73.7 Å². The van der Waals surface area contributed by atoms with Crippen LogP contribution in [0.1, 0.15) is 17.3 Å². The van der Waals surface area contributed by atoms with Crippen LogP contribution in [0.5, 0.6) is 5.75 Å². The van der Waals surface area contributed by atoms with Crippen molar-refractivity contribution in [2.45, 2.75) is 11.8 Å². The molecule has 3 heteroatoms. The lowest BCUT2D eigenvalue weighted by molar-refractivity contribution is 0.102. The Morgan fingerprint density at radius 1 is 0.957 bits per heavy atom. The predicted molar refractivity (Wildman–Crippen MR) is 96.6 cm³/mol. The molecule has 0 saturated carbocycles. The van der Waals surface area contributed by atoms with Crippen molar-refractivity contribution in [1.82, 2.24) is 0 Å². The lowest BCUT2D eigenvalue weighted by Gasteiger charge is -2.12. The van der Waals surface area contributed by atoms with Gasteiger partial charge in [0.15, 0.2) is 5.78 Å². The SMILES string of the molecule is CCOc1ccc2ccccc2c1C(=O)CSc1ccccc1. The van der Waals surface area contributed by atoms with Gasteiger partial charge in [-0.2, -0.15) is 0 Å². The summed E-state index contributed by atoms with van der Waals surface area (Å²) in [6, 6.07) is 21.8. The van der Waals surface area contributed by atoms with Gasteiger partial charge in [-0.05, 0) is 35.9 Å². The molecule has 0 aromatic heterocycles. The quantitative estimate of drug-likeness (QED) is 0.460. The van der Waals surface area contributed by atoms with Crippen LogP contribution in [0.15, 0.2) is 71.6 Å². The molecule has 0 fully saturated rings. The van der Waals surface area contributed by atoms with Crippen LogP contribution in [0.4, 0.5) is 0 Å². The summed E-state index contributed by atoms with van der Waals surface area (Å²) < 4.78 is 5.69. The van der Waals surface area contributed by atoms with Crippen molar-refractivity contribution >= 4 is 28.3 Å². The van der Waals surface area contributed by atoms with Crippen molar-refractivity contribution in [3.05, 3.63) is 72.3 Å². The fourth-order valence-corrected chi connectivity index (χ4v) is 3.34. The Bertz CT molecular complexity index is 812. The Morgan fingerprint density at radius 2 is 1.70 bits per heavy atom. The number of fused-ring (bicyclic) bond motifs is 1. The van der Waals surface area contributed by atoms with E-state index in [4.69, 9.17) is 4.74 Å². The molecule has 0 N–H and O–H groups in total. The summed E-state index contributed by atoms with van der Waals surface area (Å²) in [5.41, 5.74) is 0.688. The first-order valence-electron chi connectivity index (χ1n) is 7.65. The van der Waals surface area contributed by atoms with Gasteiger partial charge in [0.05, 0.1) is 17.9 Å². The summed E-state index contributed by atoms with van der Waals surface area (Å²) in [7, 11) is 0. The zero-order chi connectivity index (χ0) is 16.1. The normalized spacial score (nSPS) is 10.7. The van der Waals surface area contributed by atoms with Crippen LogP contribution in [-0.2, 0) is 0 Å². The van der Waals surface area contributed by atoms with Gasteiger partial charge in [0.1, 0.15) is 5.75 Å². The number of ether oxygens (including phenoxy) is 1. The number of hydrogen-bond donors (Lipinski definition) is 0. The van der Waals surface area contributed by atoms with E-state index in [-0.39, 0.29) is 5.78 Å². The maximum Gasteiger partial charge on any atom is 0.177 e. The van der Waals surface area contributed by atoms with E-state index in [0.29, 0.717) is 23.7 Å². The number of rotatable bonds is 6. The van der Waals surface area contributed by atoms with Crippen LogP contribution in [0.3, 0.4) is 0 Å². The minimum Gasteiger partial charge on any atom is -0.493 e. The molecule has 2 nitrogen and oxygen atoms in total. The maximum atomic E-state index is 12.8. The van der Waals surface area contributed by atoms with E-state index in [1.165, 1.54) is 0 Å². The average molecular weight is 322 g/mol. The van der Waals surface area contributed by atoms with E-state index >= 15 is 0 Å². The lowest BCUT2D eigenvalue weighted by Crippen LogP contribution is -2.07. The van der Waals surface area contributed by atoms with Crippen molar-refractivity contribution < 1.29 is 9.53 Å². The molecular formula is C20H18O2S. The molecule has 0 amide bonds. The van der Waals surface area contributed by atoms with Gasteiger partial charge in [0, 0.05) is 4.90 Å². The van der Waals surface area contributed by atoms with Crippen molar-refractivity contribution in [3.63, 3.8) is 0 Å². The number of thioether (sulfide) groups is 1. The summed E-state index contributed by atoms with van der Waals surface area (Å²) in [6.07, 6.45) is 0. The molecule has 0 bridgehead atoms. The second kappa shape index (κ2) is 7.34. The minimum atomic E-state index is 0.0964. The summed E-state index contributed by atoms with van der Waals surface area (Å²) in [6.45, 7) is 2.48. The molecule has 0 aliphatic carbocycles. The third kappa shape index (κ3) is 3.57. The Morgan fingerprint density at radius 3 is 2.48 bits per heavy atom. The van der Waals surface area contributed by atoms with Crippen molar-refractivity contribution in [1.29, 1.82) is 0 Å². The number of ketones is 1. The van der Waals surface area contributed by atoms with Crippen LogP contribution >= 0.6 is 11.8 Å². The molecule has 3 aromatic carbocycles. The maximum absolute atomic E-state index is 12.8. The topological polar surface area (TPSA) is 26.3 Å². The molecule has 0 aliphatic rings. The third-order valence-corrected chi connectivity index (χ3v) is 4.59. The summed E-state index contributed by atoms with van der Waals surface area (Å²) in [5, 5.41) is 2.01. The average Bonchev–Trinajstić information content (AvgIpc) is 2.60. The highest BCUT2D eigenvalue weighted by Crippen LogP contribution is 2.30. The van der Waals surface area contributed by atoms with E-state index < -0.39 is 0 Å². The molecule has 0 radical (unpaired) electrons. The van der Waals surface area contributed by atoms with Crippen LogP contribution in [0, 0.1) is 0 Å². The van der Waals surface area contributed by atoms with Crippen LogP contribution in [0.25, 0.3) is 10.8 Å². The van der Waals surface area contributed by atoms with Gasteiger partial charge in [0.2, 0.25) is 0 Å². The Hall–Kier alpha value is -2.26. The number of carbonyl (C=O) groups excluding carboxylic acids is 1. The second-order valence-corrected chi connectivity index (χ2v) is 6.17. The first kappa shape index (κ1) is 15.6. The van der Waals surface area contributed by atoms with Gasteiger partial charge in [-0.15, -0.1) is 11.8 Å². The van der Waals surface area contributed by atoms with E-state index in [1.54, 1.807) is 11.8 Å². The largest absolute Gasteiger partial charge is 0.493 e. The van der Waals surface area contributed by atoms with Crippen molar-refractivity contribution in [3.8, 4) is 5.75 Å². The Labute approximate surface area is 140 Å². The van der Waals surface area contributed by atoms with Crippen LogP contribution in [0.2, 0.25) is 0 Å². The van der Waals surface area contributed by atoms with Gasteiger partial charge in [-0.3, -0.25) is 4.79 Å². The van der Waals surface area contributed by atoms with Gasteiger partial charge in [-0.1, -0.05) is 48.5 Å². The number of hydrogen-bond acceptors (Lipinski definition) is 3. The second-order valence-electron chi connectivity index (χ2n) is 5.12. The number of Topliss-reactive ketones (excluding diaryl/α,β-unsaturated/α-hetero) is 1. The highest BCUT2D eigenvalue weighted by Gasteiger charge is 2.16. The summed E-state index contributed by atoms with van der Waals surface area (Å²) in [5.74, 6) is 1.17. The molecule has 0 spiro atoms. The molecule has 0 heterocycles. The highest BCUT2D eigenvalue weighted by molar-refractivity contribution is 8.00. The molecule has 0 atom stereocenters. The monoisotopic (exact) mass is 322 g/mol. The number of carbonyl (C=O) groups is 1. The molecule has 3 rings (SSSR count). The molecule has 0 aliphatic heterocycles. The smallest absolute Gasteiger partial charge is 0.177 e. The standard InChI is InChI=1S/C20H18O2S/c1-2-22-19-13-12-15-8-6-7-11-17(15)20(19)18(21)14-23-16-9-4-3-5-10-16/h3-13H,2,14H2,1H3. The molecule has 23 heavy (non-hydrogen) atoms. The minimum absolute atomic E-state index is 0.0964. The fraction of sp³-hybridized carbons (Fsp3) is 0.150. The summed E-state index contributed by atoms with van der Waals surface area (Å²) in [4.78, 5) is 13.9. The molecule has 116 valence electrons. The van der Waals surface area contributed by atoms with Gasteiger partial charge < -0.3 is 4.74 Å². The van der Waals surface area contributed by atoms with Crippen LogP contribution in [-0.4, -0.2) is 18.1 Å². The van der Waals surface area contributed by atoms with Crippen molar-refractivity contribution in [2.24, 2.45) is 0 Å². The zero-order valence-electron chi connectivity index (χ0n) is 13.0. The molecule has 3 aromatic rings. The van der Waals surface area contributed by atoms with E-state index in [0.717, 1.165) is 15.7 Å². The number of benzene rings is 3. The Kier molecular flexibility index (Phi) is 4.99. The molecular weight excluding hydrogens is 304 g/mol. The molecule has 0 saturated heterocycles. The summed E-state index contributed by atoms with van der Waals surface area (Å²) >= 11 is 1.55. The molecule has 0 unspecified atom stereocenters. The Balaban J connectivity index is 1.93. The van der Waals surface area contributed by atoms with Gasteiger partial charge in [0.25, 0.3) is 0 Å². The third-order valence-electron chi connectivity index (χ3n) is 3.58. The highest BCUT2D eigenvalue weighted by atomic mass is 32.2. The zero-order valence-corrected chi connectivity index (χ0v) is 13.8. The first-order valence-corrected chi connectivity index (χ1v) is 8.63. The van der Waals surface area contributed by atoms with E-state index in [9.17, 15) is 4.79 Å². The van der Waals surface area contributed by atoms with Crippen LogP contribution < -0.4 is 4.74 Å². The fourth-order valence-electron chi connectivity index (χ4n) is 2.55. The van der Waals surface area contributed by atoms with Crippen molar-refractivity contribution in [2.75, 3.05) is 12.4 Å². The first-order chi connectivity index (χ1) is 11.3. The van der Waals surface area contributed by atoms with Gasteiger partial charge in [-0.25, -0.2) is 0 Å². The predicted octanol–water partition coefficient (Wildman–Crippen LogP) is 5.21.